The van der Waals surface area contributed by atoms with Crippen LogP contribution in [-0.4, -0.2) is 45.7 Å². The first-order valence-electron chi connectivity index (χ1n) is 8.76. The summed E-state index contributed by atoms with van der Waals surface area (Å²) in [6.45, 7) is 1.83. The van der Waals surface area contributed by atoms with Crippen LogP contribution >= 0.6 is 11.6 Å². The lowest BCUT2D eigenvalue weighted by Gasteiger charge is -2.13. The van der Waals surface area contributed by atoms with Gasteiger partial charge in [-0.25, -0.2) is 0 Å². The molecule has 2 rings (SSSR count). The van der Waals surface area contributed by atoms with Crippen LogP contribution in [-0.2, 0) is 6.42 Å². The highest BCUT2D eigenvalue weighted by molar-refractivity contribution is 6.30. The van der Waals surface area contributed by atoms with Crippen LogP contribution in [0.3, 0.4) is 0 Å². The van der Waals surface area contributed by atoms with Gasteiger partial charge in [0.1, 0.15) is 12.4 Å². The minimum absolute atomic E-state index is 0.0806. The normalized spacial score (nSPS) is 11.0. The molecule has 3 N–H and O–H groups in total. The van der Waals surface area contributed by atoms with Crippen molar-refractivity contribution in [2.75, 3.05) is 33.8 Å². The van der Waals surface area contributed by atoms with Crippen molar-refractivity contribution in [3.05, 3.63) is 64.7 Å². The number of halogens is 1. The van der Waals surface area contributed by atoms with E-state index >= 15 is 0 Å². The van der Waals surface area contributed by atoms with Crippen molar-refractivity contribution in [3.63, 3.8) is 0 Å². The zero-order valence-electron chi connectivity index (χ0n) is 15.6. The van der Waals surface area contributed by atoms with Crippen LogP contribution in [0, 0.1) is 0 Å². The third-order valence-electron chi connectivity index (χ3n) is 3.82. The second kappa shape index (κ2) is 11.1. The van der Waals surface area contributed by atoms with Gasteiger partial charge >= 0.3 is 0 Å². The Hall–Kier alpha value is -2.73. The molecule has 0 aliphatic carbocycles. The van der Waals surface area contributed by atoms with Gasteiger partial charge in [-0.1, -0.05) is 23.7 Å². The fourth-order valence-corrected chi connectivity index (χ4v) is 2.55. The van der Waals surface area contributed by atoms with Crippen molar-refractivity contribution in [2.45, 2.75) is 6.42 Å². The van der Waals surface area contributed by atoms with E-state index in [2.05, 4.69) is 20.9 Å². The molecule has 0 fully saturated rings. The lowest BCUT2D eigenvalue weighted by Crippen LogP contribution is -2.40. The number of guanidine groups is 1. The predicted molar refractivity (Wildman–Crippen MR) is 110 cm³/mol. The first-order valence-corrected chi connectivity index (χ1v) is 9.14. The second-order valence-corrected chi connectivity index (χ2v) is 6.19. The van der Waals surface area contributed by atoms with Gasteiger partial charge in [-0.3, -0.25) is 9.79 Å². The number of rotatable bonds is 8. The average molecular weight is 389 g/mol. The number of amides is 1. The molecular weight excluding hydrogens is 364 g/mol. The van der Waals surface area contributed by atoms with Gasteiger partial charge in [-0.05, 0) is 48.4 Å². The van der Waals surface area contributed by atoms with E-state index in [1.54, 1.807) is 32.3 Å². The van der Waals surface area contributed by atoms with E-state index in [4.69, 9.17) is 16.3 Å². The van der Waals surface area contributed by atoms with E-state index in [1.807, 2.05) is 30.3 Å². The summed E-state index contributed by atoms with van der Waals surface area (Å²) in [5.41, 5.74) is 1.75. The van der Waals surface area contributed by atoms with E-state index < -0.39 is 0 Å². The topological polar surface area (TPSA) is 74.8 Å². The van der Waals surface area contributed by atoms with E-state index in [1.165, 1.54) is 0 Å². The number of aliphatic imine (C=N–C) groups is 1. The quantitative estimate of drug-likeness (QED) is 0.369. The van der Waals surface area contributed by atoms with Gasteiger partial charge in [0.25, 0.3) is 5.91 Å². The molecular formula is C20H25ClN4O2. The van der Waals surface area contributed by atoms with Crippen LogP contribution in [0.15, 0.2) is 53.5 Å². The van der Waals surface area contributed by atoms with Crippen LogP contribution < -0.4 is 20.7 Å². The summed E-state index contributed by atoms with van der Waals surface area (Å²) in [5.74, 6) is 1.40. The number of nitrogens with zero attached hydrogens (tertiary/aromatic N) is 1. The van der Waals surface area contributed by atoms with Gasteiger partial charge in [-0.2, -0.15) is 0 Å². The molecule has 0 heterocycles. The van der Waals surface area contributed by atoms with Gasteiger partial charge in [0.2, 0.25) is 0 Å². The van der Waals surface area contributed by atoms with Crippen LogP contribution in [0.25, 0.3) is 0 Å². The monoisotopic (exact) mass is 388 g/mol. The number of ether oxygens (including phenoxy) is 1. The van der Waals surface area contributed by atoms with E-state index in [0.717, 1.165) is 17.7 Å². The number of carbonyl (C=O) groups excluding carboxylic acids is 1. The smallest absolute Gasteiger partial charge is 0.251 e. The first-order chi connectivity index (χ1) is 13.1. The van der Waals surface area contributed by atoms with Crippen LogP contribution in [0.1, 0.15) is 15.9 Å². The molecule has 1 amide bonds. The van der Waals surface area contributed by atoms with Crippen molar-refractivity contribution < 1.29 is 9.53 Å². The Morgan fingerprint density at radius 3 is 2.56 bits per heavy atom. The van der Waals surface area contributed by atoms with Crippen molar-refractivity contribution in [2.24, 2.45) is 4.99 Å². The molecule has 0 unspecified atom stereocenters. The highest BCUT2D eigenvalue weighted by atomic mass is 35.5. The third kappa shape index (κ3) is 7.19. The van der Waals surface area contributed by atoms with Gasteiger partial charge in [0, 0.05) is 31.2 Å². The molecule has 0 atom stereocenters. The molecule has 0 spiro atoms. The van der Waals surface area contributed by atoms with E-state index in [9.17, 15) is 4.79 Å². The summed E-state index contributed by atoms with van der Waals surface area (Å²) < 4.78 is 5.63. The second-order valence-electron chi connectivity index (χ2n) is 5.76. The number of carbonyl (C=O) groups is 1. The maximum atomic E-state index is 11.7. The van der Waals surface area contributed by atoms with Gasteiger partial charge in [0.15, 0.2) is 5.96 Å². The maximum absolute atomic E-state index is 11.7. The Morgan fingerprint density at radius 2 is 1.85 bits per heavy atom. The Balaban J connectivity index is 1.69. The van der Waals surface area contributed by atoms with Gasteiger partial charge < -0.3 is 20.7 Å². The molecule has 144 valence electrons. The van der Waals surface area contributed by atoms with E-state index in [-0.39, 0.29) is 5.91 Å². The lowest BCUT2D eigenvalue weighted by molar-refractivity contribution is 0.0963. The number of benzene rings is 2. The molecule has 0 radical (unpaired) electrons. The largest absolute Gasteiger partial charge is 0.492 e. The summed E-state index contributed by atoms with van der Waals surface area (Å²) >= 11 is 5.85. The van der Waals surface area contributed by atoms with Crippen LogP contribution in [0.2, 0.25) is 5.02 Å². The minimum atomic E-state index is -0.0806. The van der Waals surface area contributed by atoms with Gasteiger partial charge in [0.05, 0.1) is 6.54 Å². The molecule has 0 saturated carbocycles. The number of hydrogen-bond donors (Lipinski definition) is 3. The predicted octanol–water partition coefficient (Wildman–Crippen LogP) is 2.49. The third-order valence-corrected chi connectivity index (χ3v) is 4.07. The zero-order valence-corrected chi connectivity index (χ0v) is 16.3. The van der Waals surface area contributed by atoms with Crippen LogP contribution in [0.5, 0.6) is 5.75 Å². The van der Waals surface area contributed by atoms with Crippen molar-refractivity contribution in [1.82, 2.24) is 16.0 Å². The Morgan fingerprint density at radius 1 is 1.11 bits per heavy atom. The number of nitrogens with one attached hydrogen (secondary N) is 3. The Kier molecular flexibility index (Phi) is 8.45. The molecule has 0 bridgehead atoms. The molecule has 27 heavy (non-hydrogen) atoms. The highest BCUT2D eigenvalue weighted by Gasteiger charge is 2.04. The Labute approximate surface area is 165 Å². The van der Waals surface area contributed by atoms with Gasteiger partial charge in [-0.15, -0.1) is 0 Å². The molecule has 0 aliphatic heterocycles. The summed E-state index contributed by atoms with van der Waals surface area (Å²) in [5, 5.41) is 9.77. The van der Waals surface area contributed by atoms with E-state index in [0.29, 0.717) is 36.2 Å². The highest BCUT2D eigenvalue weighted by Crippen LogP contribution is 2.15. The SMILES string of the molecule is CN=C(NCCOc1ccc(Cl)cc1)NCCc1cccc(C(=O)NC)c1. The van der Waals surface area contributed by atoms with Crippen molar-refractivity contribution >= 4 is 23.5 Å². The minimum Gasteiger partial charge on any atom is -0.492 e. The molecule has 7 heteroatoms. The molecule has 0 aliphatic rings. The first kappa shape index (κ1) is 20.6. The lowest BCUT2D eigenvalue weighted by atomic mass is 10.1. The van der Waals surface area contributed by atoms with Crippen molar-refractivity contribution in [1.29, 1.82) is 0 Å². The summed E-state index contributed by atoms with van der Waals surface area (Å²) in [7, 11) is 3.35. The van der Waals surface area contributed by atoms with Crippen molar-refractivity contribution in [3.8, 4) is 5.75 Å². The summed E-state index contributed by atoms with van der Waals surface area (Å²) in [4.78, 5) is 15.9. The fourth-order valence-electron chi connectivity index (χ4n) is 2.43. The molecule has 0 aromatic heterocycles. The number of hydrogen-bond acceptors (Lipinski definition) is 3. The maximum Gasteiger partial charge on any atom is 0.251 e. The molecule has 6 nitrogen and oxygen atoms in total. The molecule has 0 saturated heterocycles. The molecule has 2 aromatic rings. The Bertz CT molecular complexity index is 763. The fraction of sp³-hybridized carbons (Fsp3) is 0.300. The molecule has 2 aromatic carbocycles. The average Bonchev–Trinajstić information content (AvgIpc) is 2.70. The van der Waals surface area contributed by atoms with Crippen LogP contribution in [0.4, 0.5) is 0 Å². The summed E-state index contributed by atoms with van der Waals surface area (Å²) in [6.07, 6.45) is 0.785. The zero-order chi connectivity index (χ0) is 19.5. The summed E-state index contributed by atoms with van der Waals surface area (Å²) in [6, 6.07) is 14.9. The standard InChI is InChI=1S/C20H25ClN4O2/c1-22-19(26)16-5-3-4-15(14-16)10-11-24-20(23-2)25-12-13-27-18-8-6-17(21)7-9-18/h3-9,14H,10-13H2,1-2H3,(H,22,26)(H2,23,24,25).